The Labute approximate surface area is 186 Å². The Balaban J connectivity index is 0.000000316. The Hall–Kier alpha value is -1.67. The van der Waals surface area contributed by atoms with Crippen LogP contribution < -0.4 is 0 Å². The summed E-state index contributed by atoms with van der Waals surface area (Å²) in [5.41, 5.74) is 1.40. The minimum atomic E-state index is -0.412. The van der Waals surface area contributed by atoms with Crippen molar-refractivity contribution in [1.82, 2.24) is 0 Å². The number of rotatable bonds is 8. The van der Waals surface area contributed by atoms with Crippen molar-refractivity contribution in [3.63, 3.8) is 0 Å². The van der Waals surface area contributed by atoms with Crippen LogP contribution in [0.2, 0.25) is 0 Å². The van der Waals surface area contributed by atoms with E-state index >= 15 is 0 Å². The maximum atomic E-state index is 11.7. The van der Waals surface area contributed by atoms with E-state index < -0.39 is 6.10 Å². The molecule has 2 aliphatic rings. The summed E-state index contributed by atoms with van der Waals surface area (Å²) in [4.78, 5) is 36.9. The number of allylic oxidation sites excluding steroid dienone is 3. The highest BCUT2D eigenvalue weighted by molar-refractivity contribution is 6.09. The van der Waals surface area contributed by atoms with E-state index in [0.29, 0.717) is 38.0 Å². The van der Waals surface area contributed by atoms with E-state index in [1.807, 2.05) is 27.7 Å². The highest BCUT2D eigenvalue weighted by Gasteiger charge is 2.33. The second-order valence-corrected chi connectivity index (χ2v) is 8.00. The number of hydrogen-bond acceptors (Lipinski definition) is 6. The zero-order chi connectivity index (χ0) is 23.2. The summed E-state index contributed by atoms with van der Waals surface area (Å²) in [5.74, 6) is -0.0336. The standard InChI is InChI=1S/C14H19NO2.C10H20O4/c1-4-10(2)14(17)15-13-7-5-6-12(16)9-8-11(13)3;1-3-5-12-13-7-10-9(11)6-8(4-2)14-10/h8-10H,3-7H2,1-2H3;8-11H,3-7H2,1-2H3/b9-8-,15-13?;. The minimum Gasteiger partial charge on any atom is -0.390 e. The first-order valence-electron chi connectivity index (χ1n) is 11.4. The average Bonchev–Trinajstić information content (AvgIpc) is 3.12. The first-order valence-corrected chi connectivity index (χ1v) is 11.4. The molecule has 1 heterocycles. The van der Waals surface area contributed by atoms with Crippen LogP contribution in [-0.4, -0.2) is 54.0 Å². The lowest BCUT2D eigenvalue weighted by Crippen LogP contribution is -2.26. The van der Waals surface area contributed by atoms with Crippen molar-refractivity contribution in [3.8, 4) is 0 Å². The number of ether oxygens (including phenoxy) is 1. The monoisotopic (exact) mass is 437 g/mol. The van der Waals surface area contributed by atoms with Crippen molar-refractivity contribution in [1.29, 1.82) is 0 Å². The number of amides is 1. The zero-order valence-corrected chi connectivity index (χ0v) is 19.5. The third kappa shape index (κ3) is 10.5. The molecule has 0 bridgehead atoms. The summed E-state index contributed by atoms with van der Waals surface area (Å²) in [6.45, 7) is 12.6. The number of aliphatic hydroxyl groups is 1. The Morgan fingerprint density at radius 3 is 2.65 bits per heavy atom. The second kappa shape index (κ2) is 15.2. The van der Waals surface area contributed by atoms with Crippen molar-refractivity contribution >= 4 is 17.4 Å². The van der Waals surface area contributed by atoms with E-state index in [9.17, 15) is 14.7 Å². The van der Waals surface area contributed by atoms with Gasteiger partial charge in [-0.2, -0.15) is 0 Å². The Bertz CT molecular complexity index is 642. The van der Waals surface area contributed by atoms with E-state index in [1.165, 1.54) is 6.08 Å². The summed E-state index contributed by atoms with van der Waals surface area (Å²) >= 11 is 0. The number of aliphatic imine (C=N–C) groups is 1. The van der Waals surface area contributed by atoms with Gasteiger partial charge in [0, 0.05) is 18.8 Å². The molecule has 0 aromatic carbocycles. The molecule has 0 aromatic rings. The van der Waals surface area contributed by atoms with Gasteiger partial charge in [0.25, 0.3) is 0 Å². The van der Waals surface area contributed by atoms with Crippen molar-refractivity contribution in [2.45, 2.75) is 91.0 Å². The molecule has 4 unspecified atom stereocenters. The predicted octanol–water partition coefficient (Wildman–Crippen LogP) is 4.14. The van der Waals surface area contributed by atoms with Gasteiger partial charge >= 0.3 is 0 Å². The van der Waals surface area contributed by atoms with Crippen LogP contribution in [-0.2, 0) is 24.1 Å². The Morgan fingerprint density at radius 2 is 2.03 bits per heavy atom. The van der Waals surface area contributed by atoms with E-state index in [2.05, 4.69) is 11.6 Å². The molecule has 2 rings (SSSR count). The molecule has 0 radical (unpaired) electrons. The van der Waals surface area contributed by atoms with Gasteiger partial charge in [-0.25, -0.2) is 14.8 Å². The zero-order valence-electron chi connectivity index (χ0n) is 19.5. The van der Waals surface area contributed by atoms with E-state index in [1.54, 1.807) is 6.08 Å². The molecular weight excluding hydrogens is 398 g/mol. The van der Waals surface area contributed by atoms with Crippen LogP contribution in [0, 0.1) is 5.92 Å². The first kappa shape index (κ1) is 27.4. The third-order valence-corrected chi connectivity index (χ3v) is 5.32. The van der Waals surface area contributed by atoms with Crippen LogP contribution in [0.4, 0.5) is 0 Å². The van der Waals surface area contributed by atoms with Gasteiger partial charge in [0.05, 0.1) is 24.5 Å². The second-order valence-electron chi connectivity index (χ2n) is 8.00. The predicted molar refractivity (Wildman–Crippen MR) is 121 cm³/mol. The molecule has 31 heavy (non-hydrogen) atoms. The molecule has 1 fully saturated rings. The molecule has 176 valence electrons. The lowest BCUT2D eigenvalue weighted by Gasteiger charge is -2.13. The molecule has 1 amide bonds. The van der Waals surface area contributed by atoms with Crippen LogP contribution in [0.15, 0.2) is 29.3 Å². The molecule has 1 aliphatic heterocycles. The van der Waals surface area contributed by atoms with Crippen molar-refractivity contribution < 1.29 is 29.2 Å². The molecular formula is C24H39NO6. The maximum Gasteiger partial charge on any atom is 0.248 e. The lowest BCUT2D eigenvalue weighted by atomic mass is 9.99. The summed E-state index contributed by atoms with van der Waals surface area (Å²) in [6.07, 6.45) is 7.96. The van der Waals surface area contributed by atoms with Crippen LogP contribution in [0.1, 0.15) is 72.6 Å². The molecule has 0 spiro atoms. The van der Waals surface area contributed by atoms with Crippen molar-refractivity contribution in [2.75, 3.05) is 13.2 Å². The molecule has 0 aromatic heterocycles. The van der Waals surface area contributed by atoms with Crippen molar-refractivity contribution in [3.05, 3.63) is 24.3 Å². The third-order valence-electron chi connectivity index (χ3n) is 5.32. The van der Waals surface area contributed by atoms with Gasteiger partial charge in [0.1, 0.15) is 12.7 Å². The van der Waals surface area contributed by atoms with Gasteiger partial charge in [0.15, 0.2) is 5.78 Å². The fraction of sp³-hybridized carbons (Fsp3) is 0.708. The molecule has 0 saturated carbocycles. The van der Waals surface area contributed by atoms with Crippen molar-refractivity contribution in [2.24, 2.45) is 10.9 Å². The van der Waals surface area contributed by atoms with Crippen LogP contribution >= 0.6 is 0 Å². The highest BCUT2D eigenvalue weighted by atomic mass is 17.2. The summed E-state index contributed by atoms with van der Waals surface area (Å²) in [5, 5.41) is 9.59. The normalized spacial score (nSPS) is 27.3. The van der Waals surface area contributed by atoms with Gasteiger partial charge in [-0.3, -0.25) is 9.59 Å². The highest BCUT2D eigenvalue weighted by Crippen LogP contribution is 2.22. The molecule has 7 nitrogen and oxygen atoms in total. The fourth-order valence-electron chi connectivity index (χ4n) is 2.99. The Kier molecular flexibility index (Phi) is 13.4. The molecule has 1 aliphatic carbocycles. The number of ketones is 1. The topological polar surface area (TPSA) is 94.4 Å². The van der Waals surface area contributed by atoms with Gasteiger partial charge in [-0.15, -0.1) is 0 Å². The molecule has 1 saturated heterocycles. The minimum absolute atomic E-state index is 0.0497. The number of carbonyl (C=O) groups is 2. The number of hydrogen-bond donors (Lipinski definition) is 1. The van der Waals surface area contributed by atoms with Crippen LogP contribution in [0.25, 0.3) is 0 Å². The van der Waals surface area contributed by atoms with Gasteiger partial charge in [-0.05, 0) is 43.8 Å². The maximum absolute atomic E-state index is 11.7. The molecule has 7 heteroatoms. The largest absolute Gasteiger partial charge is 0.390 e. The fourth-order valence-corrected chi connectivity index (χ4v) is 2.99. The lowest BCUT2D eigenvalue weighted by molar-refractivity contribution is -0.308. The number of nitrogens with zero attached hydrogens (tertiary/aromatic N) is 1. The smallest absolute Gasteiger partial charge is 0.248 e. The van der Waals surface area contributed by atoms with Gasteiger partial charge in [0.2, 0.25) is 5.91 Å². The average molecular weight is 438 g/mol. The van der Waals surface area contributed by atoms with Crippen LogP contribution in [0.5, 0.6) is 0 Å². The number of carbonyl (C=O) groups excluding carboxylic acids is 2. The SMILES string of the molecule is C=C1/C=C\C(=O)CCCC1=NC(=O)C(C)CC.CCCOOCC1OC(CC)CC1O. The van der Waals surface area contributed by atoms with E-state index in [-0.39, 0.29) is 29.8 Å². The van der Waals surface area contributed by atoms with E-state index in [4.69, 9.17) is 14.5 Å². The van der Waals surface area contributed by atoms with Gasteiger partial charge < -0.3 is 9.84 Å². The quantitative estimate of drug-likeness (QED) is 0.348. The van der Waals surface area contributed by atoms with Crippen LogP contribution in [0.3, 0.4) is 0 Å². The van der Waals surface area contributed by atoms with Gasteiger partial charge in [-0.1, -0.05) is 40.3 Å². The molecule has 1 N–H and O–H groups in total. The Morgan fingerprint density at radius 1 is 1.29 bits per heavy atom. The summed E-state index contributed by atoms with van der Waals surface area (Å²) in [7, 11) is 0. The summed E-state index contributed by atoms with van der Waals surface area (Å²) in [6, 6.07) is 0. The first-order chi connectivity index (χ1) is 14.8. The summed E-state index contributed by atoms with van der Waals surface area (Å²) < 4.78 is 5.55. The number of aliphatic hydroxyl groups excluding tert-OH is 1. The van der Waals surface area contributed by atoms with E-state index in [0.717, 1.165) is 31.4 Å². The molecule has 4 atom stereocenters.